The molecule has 6 nitrogen and oxygen atoms in total. The standard InChI is InChI=1S/C13H15BN4O2/c1-12(2)13(3,4)20-14(19-12)9-5-8(7-15)6-10-11(9)17-18-16-10/h5-6H,1-4H3,(H,16,17,18). The maximum Gasteiger partial charge on any atom is 0.497 e. The summed E-state index contributed by atoms with van der Waals surface area (Å²) in [6.45, 7) is 7.95. The lowest BCUT2D eigenvalue weighted by atomic mass is 9.77. The van der Waals surface area contributed by atoms with Crippen LogP contribution in [-0.2, 0) is 9.31 Å². The molecule has 1 aromatic heterocycles. The van der Waals surface area contributed by atoms with Gasteiger partial charge in [-0.2, -0.15) is 20.7 Å². The zero-order chi connectivity index (χ0) is 14.5. The van der Waals surface area contributed by atoms with E-state index in [-0.39, 0.29) is 0 Å². The van der Waals surface area contributed by atoms with Crippen molar-refractivity contribution in [1.82, 2.24) is 15.4 Å². The smallest absolute Gasteiger partial charge is 0.399 e. The van der Waals surface area contributed by atoms with Gasteiger partial charge >= 0.3 is 7.12 Å². The normalized spacial score (nSPS) is 20.2. The molecule has 2 heterocycles. The first-order valence-electron chi connectivity index (χ1n) is 6.44. The van der Waals surface area contributed by atoms with E-state index in [1.165, 1.54) is 0 Å². The maximum atomic E-state index is 9.12. The van der Waals surface area contributed by atoms with Crippen molar-refractivity contribution in [3.63, 3.8) is 0 Å². The van der Waals surface area contributed by atoms with E-state index in [0.717, 1.165) is 5.46 Å². The van der Waals surface area contributed by atoms with E-state index in [9.17, 15) is 0 Å². The van der Waals surface area contributed by atoms with Gasteiger partial charge in [-0.1, -0.05) is 0 Å². The van der Waals surface area contributed by atoms with Crippen molar-refractivity contribution in [2.75, 3.05) is 0 Å². The van der Waals surface area contributed by atoms with Crippen LogP contribution in [0.25, 0.3) is 11.0 Å². The van der Waals surface area contributed by atoms with E-state index in [1.54, 1.807) is 12.1 Å². The summed E-state index contributed by atoms with van der Waals surface area (Å²) in [6.07, 6.45) is 0. The second-order valence-corrected chi connectivity index (χ2v) is 5.96. The largest absolute Gasteiger partial charge is 0.497 e. The molecule has 0 amide bonds. The molecule has 0 atom stereocenters. The Hall–Kier alpha value is -1.91. The van der Waals surface area contributed by atoms with Gasteiger partial charge in [-0.25, -0.2) is 0 Å². The van der Waals surface area contributed by atoms with E-state index >= 15 is 0 Å². The van der Waals surface area contributed by atoms with Crippen molar-refractivity contribution in [2.24, 2.45) is 0 Å². The number of nitriles is 1. The third-order valence-electron chi connectivity index (χ3n) is 4.09. The highest BCUT2D eigenvalue weighted by Crippen LogP contribution is 2.36. The quantitative estimate of drug-likeness (QED) is 0.785. The molecule has 20 heavy (non-hydrogen) atoms. The molecule has 1 aliphatic heterocycles. The molecule has 0 aliphatic carbocycles. The third-order valence-corrected chi connectivity index (χ3v) is 4.09. The minimum Gasteiger partial charge on any atom is -0.399 e. The summed E-state index contributed by atoms with van der Waals surface area (Å²) in [5.41, 5.74) is 1.67. The van der Waals surface area contributed by atoms with Gasteiger partial charge in [-0.15, -0.1) is 0 Å². The molecule has 1 aromatic carbocycles. The van der Waals surface area contributed by atoms with Crippen molar-refractivity contribution in [3.8, 4) is 6.07 Å². The van der Waals surface area contributed by atoms with Crippen LogP contribution >= 0.6 is 0 Å². The van der Waals surface area contributed by atoms with E-state index in [0.29, 0.717) is 16.6 Å². The minimum absolute atomic E-state index is 0.434. The monoisotopic (exact) mass is 270 g/mol. The molecule has 0 saturated carbocycles. The second-order valence-electron chi connectivity index (χ2n) is 5.96. The van der Waals surface area contributed by atoms with Crippen LogP contribution in [0.15, 0.2) is 12.1 Å². The van der Waals surface area contributed by atoms with Crippen LogP contribution in [0.2, 0.25) is 0 Å². The molecule has 3 rings (SSSR count). The van der Waals surface area contributed by atoms with E-state index < -0.39 is 18.3 Å². The molecule has 7 heteroatoms. The van der Waals surface area contributed by atoms with Crippen molar-refractivity contribution >= 4 is 23.6 Å². The topological polar surface area (TPSA) is 83.8 Å². The Labute approximate surface area is 117 Å². The van der Waals surface area contributed by atoms with Gasteiger partial charge in [0.05, 0.1) is 22.8 Å². The number of aromatic nitrogens is 3. The molecule has 0 bridgehead atoms. The number of rotatable bonds is 1. The van der Waals surface area contributed by atoms with Gasteiger partial charge in [-0.3, -0.25) is 0 Å². The fraction of sp³-hybridized carbons (Fsp3) is 0.462. The average Bonchev–Trinajstić information content (AvgIpc) is 2.90. The molecule has 1 saturated heterocycles. The highest BCUT2D eigenvalue weighted by molar-refractivity contribution is 6.65. The predicted octanol–water partition coefficient (Wildman–Crippen LogP) is 1.13. The van der Waals surface area contributed by atoms with Crippen molar-refractivity contribution < 1.29 is 9.31 Å². The van der Waals surface area contributed by atoms with Crippen LogP contribution < -0.4 is 5.46 Å². The van der Waals surface area contributed by atoms with Gasteiger partial charge in [0.1, 0.15) is 11.0 Å². The molecule has 1 N–H and O–H groups in total. The summed E-state index contributed by atoms with van der Waals surface area (Å²) in [5.74, 6) is 0. The number of benzene rings is 1. The SMILES string of the molecule is CC1(C)OB(c2cc(C#N)cc3n[nH]nc23)OC1(C)C. The Bertz CT molecular complexity index is 701. The number of fused-ring (bicyclic) bond motifs is 1. The summed E-state index contributed by atoms with van der Waals surface area (Å²) in [7, 11) is -0.555. The Balaban J connectivity index is 2.12. The second kappa shape index (κ2) is 4.04. The zero-order valence-corrected chi connectivity index (χ0v) is 11.9. The highest BCUT2D eigenvalue weighted by Gasteiger charge is 2.52. The number of H-pyrrole nitrogens is 1. The molecule has 0 spiro atoms. The zero-order valence-electron chi connectivity index (χ0n) is 11.9. The van der Waals surface area contributed by atoms with E-state index in [1.807, 2.05) is 27.7 Å². The lowest BCUT2D eigenvalue weighted by molar-refractivity contribution is 0.00578. The summed E-state index contributed by atoms with van der Waals surface area (Å²) in [4.78, 5) is 0. The summed E-state index contributed by atoms with van der Waals surface area (Å²) < 4.78 is 12.0. The Morgan fingerprint density at radius 2 is 1.80 bits per heavy atom. The molecule has 102 valence electrons. The first kappa shape index (κ1) is 13.1. The van der Waals surface area contributed by atoms with Gasteiger partial charge in [0.15, 0.2) is 0 Å². The first-order valence-corrected chi connectivity index (χ1v) is 6.44. The van der Waals surface area contributed by atoms with Crippen LogP contribution in [0.1, 0.15) is 33.3 Å². The molecule has 2 aromatic rings. The van der Waals surface area contributed by atoms with Crippen LogP contribution in [0.3, 0.4) is 0 Å². The average molecular weight is 270 g/mol. The van der Waals surface area contributed by atoms with E-state index in [2.05, 4.69) is 21.5 Å². The highest BCUT2D eigenvalue weighted by atomic mass is 16.7. The van der Waals surface area contributed by atoms with Gasteiger partial charge in [0.25, 0.3) is 0 Å². The van der Waals surface area contributed by atoms with Crippen LogP contribution in [0.5, 0.6) is 0 Å². The fourth-order valence-electron chi connectivity index (χ4n) is 2.19. The Kier molecular flexibility index (Phi) is 2.65. The fourth-order valence-corrected chi connectivity index (χ4v) is 2.19. The number of nitrogens with zero attached hydrogens (tertiary/aromatic N) is 3. The number of hydrogen-bond acceptors (Lipinski definition) is 5. The lowest BCUT2D eigenvalue weighted by Crippen LogP contribution is -2.41. The Morgan fingerprint density at radius 3 is 2.40 bits per heavy atom. The van der Waals surface area contributed by atoms with Gasteiger partial charge in [0.2, 0.25) is 0 Å². The van der Waals surface area contributed by atoms with Crippen LogP contribution in [0.4, 0.5) is 0 Å². The van der Waals surface area contributed by atoms with Crippen molar-refractivity contribution in [2.45, 2.75) is 38.9 Å². The van der Waals surface area contributed by atoms with E-state index in [4.69, 9.17) is 14.6 Å². The molecular formula is C13H15BN4O2. The molecule has 1 fully saturated rings. The molecular weight excluding hydrogens is 255 g/mol. The van der Waals surface area contributed by atoms with Crippen LogP contribution in [-0.4, -0.2) is 33.7 Å². The van der Waals surface area contributed by atoms with Crippen LogP contribution in [0, 0.1) is 11.3 Å². The molecule has 1 aliphatic rings. The van der Waals surface area contributed by atoms with Crippen molar-refractivity contribution in [1.29, 1.82) is 5.26 Å². The molecule has 0 radical (unpaired) electrons. The molecule has 0 unspecified atom stereocenters. The van der Waals surface area contributed by atoms with Gasteiger partial charge in [-0.05, 0) is 39.8 Å². The summed E-state index contributed by atoms with van der Waals surface area (Å²) >= 11 is 0. The predicted molar refractivity (Wildman–Crippen MR) is 74.3 cm³/mol. The summed E-state index contributed by atoms with van der Waals surface area (Å²) in [5, 5.41) is 19.9. The first-order chi connectivity index (χ1) is 9.34. The van der Waals surface area contributed by atoms with Gasteiger partial charge in [0, 0.05) is 5.46 Å². The number of nitrogens with one attached hydrogen (secondary N) is 1. The number of hydrogen-bond donors (Lipinski definition) is 1. The minimum atomic E-state index is -0.555. The number of aromatic amines is 1. The van der Waals surface area contributed by atoms with Crippen molar-refractivity contribution in [3.05, 3.63) is 17.7 Å². The third kappa shape index (κ3) is 1.80. The summed E-state index contributed by atoms with van der Waals surface area (Å²) in [6, 6.07) is 5.55. The Morgan fingerprint density at radius 1 is 1.15 bits per heavy atom. The lowest BCUT2D eigenvalue weighted by Gasteiger charge is -2.32. The maximum absolute atomic E-state index is 9.12. The van der Waals surface area contributed by atoms with Gasteiger partial charge < -0.3 is 9.31 Å².